The summed E-state index contributed by atoms with van der Waals surface area (Å²) in [6.07, 6.45) is 5.87. The van der Waals surface area contributed by atoms with Gasteiger partial charge in [-0.1, -0.05) is 12.1 Å². The van der Waals surface area contributed by atoms with Crippen molar-refractivity contribution in [3.05, 3.63) is 54.1 Å². The molecular weight excluding hydrogens is 307 g/mol. The normalized spacial score (nSPS) is 17.5. The number of amides is 1. The number of benzene rings is 1. The van der Waals surface area contributed by atoms with E-state index < -0.39 is 0 Å². The number of piperidine rings is 1. The molecule has 1 aromatic heterocycles. The average molecular weight is 328 g/mol. The Kier molecular flexibility index (Phi) is 5.36. The number of carbonyl (C=O) groups excluding carboxylic acids is 1. The van der Waals surface area contributed by atoms with Crippen molar-refractivity contribution in [2.45, 2.75) is 19.3 Å². The van der Waals surface area contributed by atoms with Crippen LogP contribution in [0.15, 0.2) is 42.7 Å². The highest BCUT2D eigenvalue weighted by molar-refractivity contribution is 5.79. The molecule has 1 aliphatic rings. The maximum Gasteiger partial charge on any atom is 0.225 e. The summed E-state index contributed by atoms with van der Waals surface area (Å²) in [6, 6.07) is 8.26. The Labute approximate surface area is 140 Å². The molecule has 1 amide bonds. The number of hydrogen-bond donors (Lipinski definition) is 1. The van der Waals surface area contributed by atoms with E-state index in [1.165, 1.54) is 12.1 Å². The van der Waals surface area contributed by atoms with Crippen molar-refractivity contribution < 1.29 is 9.18 Å². The van der Waals surface area contributed by atoms with Crippen LogP contribution in [0.3, 0.4) is 0 Å². The lowest BCUT2D eigenvalue weighted by molar-refractivity contribution is -0.125. The number of rotatable bonds is 5. The summed E-state index contributed by atoms with van der Waals surface area (Å²) in [7, 11) is 0. The molecule has 2 heterocycles. The molecule has 0 spiro atoms. The highest BCUT2D eigenvalue weighted by Crippen LogP contribution is 2.20. The largest absolute Gasteiger partial charge is 0.355 e. The van der Waals surface area contributed by atoms with E-state index >= 15 is 0 Å². The molecule has 5 nitrogen and oxygen atoms in total. The maximum atomic E-state index is 13.1. The number of carbonyl (C=O) groups is 1. The molecular formula is C18H21FN4O. The van der Waals surface area contributed by atoms with Gasteiger partial charge < -0.3 is 10.2 Å². The second-order valence-electron chi connectivity index (χ2n) is 6.00. The van der Waals surface area contributed by atoms with Crippen LogP contribution in [-0.2, 0) is 11.2 Å². The zero-order valence-electron chi connectivity index (χ0n) is 13.5. The fourth-order valence-electron chi connectivity index (χ4n) is 2.99. The van der Waals surface area contributed by atoms with E-state index in [1.807, 2.05) is 6.07 Å². The lowest BCUT2D eigenvalue weighted by Gasteiger charge is -2.31. The minimum Gasteiger partial charge on any atom is -0.355 e. The van der Waals surface area contributed by atoms with Gasteiger partial charge in [0.05, 0.1) is 5.92 Å². The lowest BCUT2D eigenvalue weighted by atomic mass is 9.97. The van der Waals surface area contributed by atoms with Crippen LogP contribution in [0.2, 0.25) is 0 Å². The summed E-state index contributed by atoms with van der Waals surface area (Å²) >= 11 is 0. The molecule has 24 heavy (non-hydrogen) atoms. The van der Waals surface area contributed by atoms with Crippen LogP contribution in [0.25, 0.3) is 0 Å². The summed E-state index contributed by atoms with van der Waals surface area (Å²) in [5, 5.41) is 2.96. The summed E-state index contributed by atoms with van der Waals surface area (Å²) in [4.78, 5) is 22.9. The van der Waals surface area contributed by atoms with Crippen LogP contribution in [0, 0.1) is 11.7 Å². The second-order valence-corrected chi connectivity index (χ2v) is 6.00. The smallest absolute Gasteiger partial charge is 0.225 e. The first-order chi connectivity index (χ1) is 11.7. The number of nitrogens with one attached hydrogen (secondary N) is 1. The summed E-state index contributed by atoms with van der Waals surface area (Å²) in [6.45, 7) is 2.02. The van der Waals surface area contributed by atoms with Gasteiger partial charge in [-0.15, -0.1) is 0 Å². The molecule has 0 saturated carbocycles. The average Bonchev–Trinajstić information content (AvgIpc) is 2.62. The number of aromatic nitrogens is 2. The van der Waals surface area contributed by atoms with Gasteiger partial charge >= 0.3 is 0 Å². The van der Waals surface area contributed by atoms with E-state index in [9.17, 15) is 9.18 Å². The predicted molar refractivity (Wildman–Crippen MR) is 90.1 cm³/mol. The van der Waals surface area contributed by atoms with Crippen molar-refractivity contribution in [1.82, 2.24) is 15.3 Å². The molecule has 126 valence electrons. The van der Waals surface area contributed by atoms with Crippen molar-refractivity contribution in [2.75, 3.05) is 24.5 Å². The topological polar surface area (TPSA) is 58.1 Å². The quantitative estimate of drug-likeness (QED) is 0.914. The van der Waals surface area contributed by atoms with E-state index in [2.05, 4.69) is 20.2 Å². The maximum absolute atomic E-state index is 13.1. The first kappa shape index (κ1) is 16.4. The van der Waals surface area contributed by atoms with E-state index in [-0.39, 0.29) is 17.6 Å². The third-order valence-electron chi connectivity index (χ3n) is 4.23. The molecule has 1 N–H and O–H groups in total. The summed E-state index contributed by atoms with van der Waals surface area (Å²) in [5.74, 6) is 0.418. The fraction of sp³-hybridized carbons (Fsp3) is 0.389. The van der Waals surface area contributed by atoms with Gasteiger partial charge in [0.1, 0.15) is 5.82 Å². The molecule has 1 aliphatic heterocycles. The summed E-state index contributed by atoms with van der Waals surface area (Å²) in [5.41, 5.74) is 0.887. The molecule has 1 aromatic carbocycles. The monoisotopic (exact) mass is 328 g/mol. The van der Waals surface area contributed by atoms with Crippen molar-refractivity contribution in [1.29, 1.82) is 0 Å². The lowest BCUT2D eigenvalue weighted by Crippen LogP contribution is -2.44. The van der Waals surface area contributed by atoms with Crippen LogP contribution < -0.4 is 10.2 Å². The Morgan fingerprint density at radius 1 is 1.29 bits per heavy atom. The molecule has 0 bridgehead atoms. The number of anilines is 1. The van der Waals surface area contributed by atoms with Gasteiger partial charge in [0.15, 0.2) is 0 Å². The van der Waals surface area contributed by atoms with Crippen molar-refractivity contribution in [2.24, 2.45) is 5.92 Å². The molecule has 3 rings (SSSR count). The zero-order valence-corrected chi connectivity index (χ0v) is 13.5. The molecule has 0 aliphatic carbocycles. The molecule has 0 unspecified atom stereocenters. The number of halogens is 1. The third-order valence-corrected chi connectivity index (χ3v) is 4.23. The highest BCUT2D eigenvalue weighted by Gasteiger charge is 2.26. The SMILES string of the molecule is O=C(NCCc1cccc(F)c1)[C@H]1CCCN(c2ncccn2)C1. The van der Waals surface area contributed by atoms with Crippen LogP contribution in [0.4, 0.5) is 10.3 Å². The van der Waals surface area contributed by atoms with Gasteiger partial charge in [-0.05, 0) is 43.0 Å². The van der Waals surface area contributed by atoms with E-state index in [4.69, 9.17) is 0 Å². The van der Waals surface area contributed by atoms with E-state index in [1.54, 1.807) is 24.5 Å². The van der Waals surface area contributed by atoms with E-state index in [0.717, 1.165) is 24.9 Å². The van der Waals surface area contributed by atoms with Gasteiger partial charge in [-0.2, -0.15) is 0 Å². The first-order valence-corrected chi connectivity index (χ1v) is 8.26. The fourth-order valence-corrected chi connectivity index (χ4v) is 2.99. The van der Waals surface area contributed by atoms with Crippen molar-refractivity contribution in [3.8, 4) is 0 Å². The molecule has 1 saturated heterocycles. The molecule has 1 fully saturated rings. The molecule has 1 atom stereocenters. The summed E-state index contributed by atoms with van der Waals surface area (Å²) < 4.78 is 13.1. The number of nitrogens with zero attached hydrogens (tertiary/aromatic N) is 3. The van der Waals surface area contributed by atoms with Gasteiger partial charge in [0, 0.05) is 32.0 Å². The Bertz CT molecular complexity index is 680. The van der Waals surface area contributed by atoms with Crippen molar-refractivity contribution in [3.63, 3.8) is 0 Å². The van der Waals surface area contributed by atoms with Crippen molar-refractivity contribution >= 4 is 11.9 Å². The van der Waals surface area contributed by atoms with Crippen LogP contribution >= 0.6 is 0 Å². The zero-order chi connectivity index (χ0) is 16.8. The van der Waals surface area contributed by atoms with Crippen LogP contribution in [0.1, 0.15) is 18.4 Å². The Balaban J connectivity index is 1.49. The minimum atomic E-state index is -0.246. The Morgan fingerprint density at radius 2 is 2.12 bits per heavy atom. The van der Waals surface area contributed by atoms with Gasteiger partial charge in [-0.3, -0.25) is 4.79 Å². The Hall–Kier alpha value is -2.50. The molecule has 6 heteroatoms. The van der Waals surface area contributed by atoms with Gasteiger partial charge in [-0.25, -0.2) is 14.4 Å². The van der Waals surface area contributed by atoms with E-state index in [0.29, 0.717) is 25.5 Å². The first-order valence-electron chi connectivity index (χ1n) is 8.26. The molecule has 2 aromatic rings. The second kappa shape index (κ2) is 7.86. The van der Waals surface area contributed by atoms with Crippen LogP contribution in [0.5, 0.6) is 0 Å². The Morgan fingerprint density at radius 3 is 2.92 bits per heavy atom. The van der Waals surface area contributed by atoms with Crippen LogP contribution in [-0.4, -0.2) is 35.5 Å². The molecule has 0 radical (unpaired) electrons. The standard InChI is InChI=1S/C18H21FN4O/c19-16-6-1-4-14(12-16)7-10-20-17(24)15-5-2-11-23(13-15)18-21-8-3-9-22-18/h1,3-4,6,8-9,12,15H,2,5,7,10-11,13H2,(H,20,24)/t15-/m0/s1. The minimum absolute atomic E-state index is 0.0482. The van der Waals surface area contributed by atoms with Gasteiger partial charge in [0.25, 0.3) is 0 Å². The number of hydrogen-bond acceptors (Lipinski definition) is 4. The third kappa shape index (κ3) is 4.28. The predicted octanol–water partition coefficient (Wildman–Crippen LogP) is 2.19. The highest BCUT2D eigenvalue weighted by atomic mass is 19.1. The van der Waals surface area contributed by atoms with Gasteiger partial charge in [0.2, 0.25) is 11.9 Å².